The molecule has 136 valence electrons. The number of allylic oxidation sites excluding steroid dienone is 2. The summed E-state index contributed by atoms with van der Waals surface area (Å²) < 4.78 is 6.15. The maximum atomic E-state index is 6.15. The molecule has 27 heavy (non-hydrogen) atoms. The Hall–Kier alpha value is -2.74. The van der Waals surface area contributed by atoms with E-state index < -0.39 is 0 Å². The molecule has 0 saturated heterocycles. The monoisotopic (exact) mass is 355 g/mol. The number of para-hydroxylation sites is 1. The van der Waals surface area contributed by atoms with E-state index in [1.54, 1.807) is 0 Å². The Kier molecular flexibility index (Phi) is 3.93. The molecular formula is C25H25NO. The second-order valence-corrected chi connectivity index (χ2v) is 7.93. The molecule has 3 aromatic carbocycles. The van der Waals surface area contributed by atoms with Crippen LogP contribution in [0.3, 0.4) is 0 Å². The standard InChI is InChI=1S/C25H25NO/c1-16(2)27-23-15-7-14-22-19-11-6-13-21(19)24(26-25(22)23)20-12-5-9-17-8-3-4-10-18(17)20/h3-12,14-16,19,21,24,26H,13H2,1-2H3. The van der Waals surface area contributed by atoms with E-state index in [0.29, 0.717) is 11.8 Å². The molecule has 0 amide bonds. The number of rotatable bonds is 3. The van der Waals surface area contributed by atoms with Gasteiger partial charge in [0, 0.05) is 5.92 Å². The summed E-state index contributed by atoms with van der Waals surface area (Å²) in [6.45, 7) is 4.17. The van der Waals surface area contributed by atoms with E-state index in [1.807, 2.05) is 0 Å². The zero-order valence-electron chi connectivity index (χ0n) is 15.9. The first-order chi connectivity index (χ1) is 13.2. The molecule has 0 fully saturated rings. The fourth-order valence-corrected chi connectivity index (χ4v) is 4.77. The Morgan fingerprint density at radius 3 is 2.59 bits per heavy atom. The van der Waals surface area contributed by atoms with E-state index >= 15 is 0 Å². The van der Waals surface area contributed by atoms with Gasteiger partial charge in [0.15, 0.2) is 0 Å². The number of hydrogen-bond donors (Lipinski definition) is 1. The van der Waals surface area contributed by atoms with E-state index in [1.165, 1.54) is 21.9 Å². The highest BCUT2D eigenvalue weighted by Gasteiger charge is 2.39. The average molecular weight is 355 g/mol. The Bertz CT molecular complexity index is 1010. The molecule has 0 saturated carbocycles. The van der Waals surface area contributed by atoms with Crippen LogP contribution in [-0.4, -0.2) is 6.10 Å². The highest BCUT2D eigenvalue weighted by atomic mass is 16.5. The maximum Gasteiger partial charge on any atom is 0.143 e. The lowest BCUT2D eigenvalue weighted by molar-refractivity contribution is 0.242. The summed E-state index contributed by atoms with van der Waals surface area (Å²) in [5, 5.41) is 6.53. The minimum atomic E-state index is 0.158. The van der Waals surface area contributed by atoms with Crippen LogP contribution in [0, 0.1) is 5.92 Å². The quantitative estimate of drug-likeness (QED) is 0.545. The summed E-state index contributed by atoms with van der Waals surface area (Å²) in [5.74, 6) is 1.95. The third-order valence-electron chi connectivity index (χ3n) is 5.88. The van der Waals surface area contributed by atoms with Crippen LogP contribution < -0.4 is 10.1 Å². The van der Waals surface area contributed by atoms with Crippen molar-refractivity contribution >= 4 is 16.5 Å². The molecule has 0 spiro atoms. The Morgan fingerprint density at radius 2 is 1.70 bits per heavy atom. The van der Waals surface area contributed by atoms with Gasteiger partial charge in [0.05, 0.1) is 17.8 Å². The van der Waals surface area contributed by atoms with Crippen LogP contribution >= 0.6 is 0 Å². The summed E-state index contributed by atoms with van der Waals surface area (Å²) >= 11 is 0. The molecule has 1 aliphatic carbocycles. The number of anilines is 1. The number of hydrogen-bond acceptors (Lipinski definition) is 2. The first kappa shape index (κ1) is 16.4. The zero-order valence-corrected chi connectivity index (χ0v) is 15.9. The summed E-state index contributed by atoms with van der Waals surface area (Å²) in [5.41, 5.74) is 3.91. The fourth-order valence-electron chi connectivity index (χ4n) is 4.77. The first-order valence-electron chi connectivity index (χ1n) is 9.93. The third-order valence-corrected chi connectivity index (χ3v) is 5.88. The van der Waals surface area contributed by atoms with Crippen molar-refractivity contribution in [3.63, 3.8) is 0 Å². The van der Waals surface area contributed by atoms with Crippen molar-refractivity contribution in [3.8, 4) is 5.75 Å². The lowest BCUT2D eigenvalue weighted by Crippen LogP contribution is -2.29. The smallest absolute Gasteiger partial charge is 0.143 e. The van der Waals surface area contributed by atoms with E-state index in [0.717, 1.165) is 17.9 Å². The highest BCUT2D eigenvalue weighted by molar-refractivity contribution is 5.87. The van der Waals surface area contributed by atoms with Gasteiger partial charge in [0.25, 0.3) is 0 Å². The topological polar surface area (TPSA) is 21.3 Å². The molecule has 0 radical (unpaired) electrons. The molecule has 2 aliphatic rings. The largest absolute Gasteiger partial charge is 0.489 e. The van der Waals surface area contributed by atoms with Gasteiger partial charge >= 0.3 is 0 Å². The number of benzene rings is 3. The lowest BCUT2D eigenvalue weighted by atomic mass is 9.76. The maximum absolute atomic E-state index is 6.15. The van der Waals surface area contributed by atoms with E-state index in [9.17, 15) is 0 Å². The second-order valence-electron chi connectivity index (χ2n) is 7.93. The minimum absolute atomic E-state index is 0.158. The summed E-state index contributed by atoms with van der Waals surface area (Å²) in [4.78, 5) is 0. The van der Waals surface area contributed by atoms with E-state index in [4.69, 9.17) is 4.74 Å². The SMILES string of the molecule is CC(C)Oc1cccc2c1NC(c1cccc3ccccc13)C1CC=CC21. The Morgan fingerprint density at radius 1 is 0.926 bits per heavy atom. The zero-order chi connectivity index (χ0) is 18.4. The molecule has 1 N–H and O–H groups in total. The molecule has 1 heterocycles. The van der Waals surface area contributed by atoms with Crippen molar-refractivity contribution in [1.29, 1.82) is 0 Å². The molecule has 2 nitrogen and oxygen atoms in total. The van der Waals surface area contributed by atoms with E-state index in [-0.39, 0.29) is 12.1 Å². The van der Waals surface area contributed by atoms with Gasteiger partial charge in [-0.25, -0.2) is 0 Å². The van der Waals surface area contributed by atoms with Crippen molar-refractivity contribution in [2.75, 3.05) is 5.32 Å². The molecule has 5 rings (SSSR count). The molecule has 3 aromatic rings. The second kappa shape index (κ2) is 6.45. The van der Waals surface area contributed by atoms with Crippen LogP contribution in [0.5, 0.6) is 5.75 Å². The van der Waals surface area contributed by atoms with Gasteiger partial charge in [-0.3, -0.25) is 0 Å². The van der Waals surface area contributed by atoms with Gasteiger partial charge in [-0.05, 0) is 54.2 Å². The normalized spacial score (nSPS) is 23.1. The van der Waals surface area contributed by atoms with E-state index in [2.05, 4.69) is 92.0 Å². The highest BCUT2D eigenvalue weighted by Crippen LogP contribution is 2.52. The number of fused-ring (bicyclic) bond motifs is 4. The van der Waals surface area contributed by atoms with Gasteiger partial charge in [0.1, 0.15) is 5.75 Å². The van der Waals surface area contributed by atoms with Gasteiger partial charge in [-0.2, -0.15) is 0 Å². The van der Waals surface area contributed by atoms with Crippen molar-refractivity contribution in [1.82, 2.24) is 0 Å². The van der Waals surface area contributed by atoms with Crippen molar-refractivity contribution in [3.05, 3.63) is 83.9 Å². The Labute approximate surface area is 160 Å². The predicted molar refractivity (Wildman–Crippen MR) is 113 cm³/mol. The van der Waals surface area contributed by atoms with Crippen LogP contribution in [0.15, 0.2) is 72.8 Å². The Balaban J connectivity index is 1.66. The molecule has 0 bridgehead atoms. The van der Waals surface area contributed by atoms with Crippen molar-refractivity contribution in [2.45, 2.75) is 38.3 Å². The van der Waals surface area contributed by atoms with Crippen molar-refractivity contribution in [2.24, 2.45) is 5.92 Å². The van der Waals surface area contributed by atoms with Gasteiger partial charge < -0.3 is 10.1 Å². The van der Waals surface area contributed by atoms with Crippen LogP contribution in [0.4, 0.5) is 5.69 Å². The predicted octanol–water partition coefficient (Wildman–Crippen LogP) is 6.45. The fraction of sp³-hybridized carbons (Fsp3) is 0.280. The van der Waals surface area contributed by atoms with Gasteiger partial charge in [-0.1, -0.05) is 66.7 Å². The lowest BCUT2D eigenvalue weighted by Gasteiger charge is -2.38. The molecule has 1 aliphatic heterocycles. The molecule has 2 heteroatoms. The molecule has 3 unspecified atom stereocenters. The summed E-state index contributed by atoms with van der Waals surface area (Å²) in [7, 11) is 0. The summed E-state index contributed by atoms with van der Waals surface area (Å²) in [6, 6.07) is 22.1. The van der Waals surface area contributed by atoms with Crippen LogP contribution in [0.1, 0.15) is 43.4 Å². The average Bonchev–Trinajstić information content (AvgIpc) is 3.17. The van der Waals surface area contributed by atoms with Gasteiger partial charge in [0.2, 0.25) is 0 Å². The minimum Gasteiger partial charge on any atom is -0.489 e. The van der Waals surface area contributed by atoms with Crippen LogP contribution in [0.25, 0.3) is 10.8 Å². The van der Waals surface area contributed by atoms with Gasteiger partial charge in [-0.15, -0.1) is 0 Å². The van der Waals surface area contributed by atoms with Crippen molar-refractivity contribution < 1.29 is 4.74 Å². The van der Waals surface area contributed by atoms with Crippen LogP contribution in [-0.2, 0) is 0 Å². The molecular weight excluding hydrogens is 330 g/mol. The summed E-state index contributed by atoms with van der Waals surface area (Å²) in [6.07, 6.45) is 6.01. The molecule has 3 atom stereocenters. The van der Waals surface area contributed by atoms with Crippen LogP contribution in [0.2, 0.25) is 0 Å². The third kappa shape index (κ3) is 2.71. The number of ether oxygens (including phenoxy) is 1. The number of nitrogens with one attached hydrogen (secondary N) is 1. The first-order valence-corrected chi connectivity index (χ1v) is 9.93. The molecule has 0 aromatic heterocycles.